The van der Waals surface area contributed by atoms with Crippen molar-refractivity contribution >= 4 is 5.91 Å². The van der Waals surface area contributed by atoms with Gasteiger partial charge in [0.15, 0.2) is 0 Å². The van der Waals surface area contributed by atoms with Gasteiger partial charge in [0.05, 0.1) is 6.10 Å². The van der Waals surface area contributed by atoms with E-state index < -0.39 is 0 Å². The fourth-order valence-corrected chi connectivity index (χ4v) is 3.61. The first kappa shape index (κ1) is 24.4. The number of carbonyl (C=O) groups is 1. The number of ether oxygens (including phenoxy) is 1. The molecule has 0 aliphatic heterocycles. The van der Waals surface area contributed by atoms with Gasteiger partial charge in [-0.15, -0.1) is 0 Å². The Bertz CT molecular complexity index is 330. The van der Waals surface area contributed by atoms with E-state index in [2.05, 4.69) is 39.5 Å². The van der Waals surface area contributed by atoms with Crippen LogP contribution < -0.4 is 0 Å². The maximum absolute atomic E-state index is 12.4. The highest BCUT2D eigenvalue weighted by Crippen LogP contribution is 2.29. The van der Waals surface area contributed by atoms with Gasteiger partial charge >= 0.3 is 0 Å². The number of hydrogen-bond acceptors (Lipinski definition) is 2. The monoisotopic (exact) mass is 355 g/mol. The first-order valence-corrected chi connectivity index (χ1v) is 10.8. The Balaban J connectivity index is 4.72. The summed E-state index contributed by atoms with van der Waals surface area (Å²) in [5.41, 5.74) is 0.00501. The summed E-state index contributed by atoms with van der Waals surface area (Å²) < 4.78 is 5.67. The second kappa shape index (κ2) is 14.6. The van der Waals surface area contributed by atoms with Gasteiger partial charge in [0, 0.05) is 25.6 Å². The van der Waals surface area contributed by atoms with E-state index in [1.165, 1.54) is 51.4 Å². The number of amides is 1. The fourth-order valence-electron chi connectivity index (χ4n) is 3.61. The molecule has 0 saturated carbocycles. The van der Waals surface area contributed by atoms with Crippen LogP contribution in [0, 0.1) is 0 Å². The smallest absolute Gasteiger partial charge is 0.219 e. The van der Waals surface area contributed by atoms with Crippen LogP contribution in [-0.4, -0.2) is 35.6 Å². The molecule has 0 aromatic heterocycles. The Morgan fingerprint density at radius 1 is 0.920 bits per heavy atom. The van der Waals surface area contributed by atoms with Crippen molar-refractivity contribution in [1.82, 2.24) is 4.90 Å². The SMILES string of the molecule is CCCCCCCC(C)(CCCCC)N(CCCOC(C)C)C(C)=O. The van der Waals surface area contributed by atoms with Crippen LogP contribution in [0.25, 0.3) is 0 Å². The second-order valence-electron chi connectivity index (χ2n) is 8.06. The zero-order valence-corrected chi connectivity index (χ0v) is 18.0. The van der Waals surface area contributed by atoms with E-state index in [9.17, 15) is 4.79 Å². The average Bonchev–Trinajstić information content (AvgIpc) is 2.54. The van der Waals surface area contributed by atoms with Crippen LogP contribution in [-0.2, 0) is 9.53 Å². The molecule has 0 bridgehead atoms. The zero-order chi connectivity index (χ0) is 19.1. The molecule has 150 valence electrons. The van der Waals surface area contributed by atoms with Crippen LogP contribution in [0.5, 0.6) is 0 Å². The Morgan fingerprint density at radius 3 is 1.96 bits per heavy atom. The van der Waals surface area contributed by atoms with Gasteiger partial charge in [-0.25, -0.2) is 0 Å². The summed E-state index contributed by atoms with van der Waals surface area (Å²) in [6.07, 6.45) is 13.6. The van der Waals surface area contributed by atoms with Crippen molar-refractivity contribution in [3.8, 4) is 0 Å². The third-order valence-corrected chi connectivity index (χ3v) is 5.15. The summed E-state index contributed by atoms with van der Waals surface area (Å²) in [6, 6.07) is 0. The van der Waals surface area contributed by atoms with Gasteiger partial charge in [0.1, 0.15) is 0 Å². The van der Waals surface area contributed by atoms with Crippen LogP contribution in [0.1, 0.15) is 112 Å². The molecule has 0 aliphatic carbocycles. The Labute approximate surface area is 157 Å². The van der Waals surface area contributed by atoms with Crippen molar-refractivity contribution in [2.45, 2.75) is 124 Å². The van der Waals surface area contributed by atoms with Crippen LogP contribution in [0.15, 0.2) is 0 Å². The maximum atomic E-state index is 12.4. The molecule has 0 N–H and O–H groups in total. The number of unbranched alkanes of at least 4 members (excludes halogenated alkanes) is 6. The molecule has 0 rings (SSSR count). The fraction of sp³-hybridized carbons (Fsp3) is 0.955. The minimum Gasteiger partial charge on any atom is -0.379 e. The molecular weight excluding hydrogens is 310 g/mol. The van der Waals surface area contributed by atoms with Crippen molar-refractivity contribution in [2.75, 3.05) is 13.2 Å². The predicted molar refractivity (Wildman–Crippen MR) is 109 cm³/mol. The molecular formula is C22H45NO2. The quantitative estimate of drug-likeness (QED) is 0.302. The molecule has 0 fully saturated rings. The molecule has 0 heterocycles. The minimum absolute atomic E-state index is 0.00501. The predicted octanol–water partition coefficient (Wildman–Crippen LogP) is 6.35. The molecule has 0 radical (unpaired) electrons. The Hall–Kier alpha value is -0.570. The van der Waals surface area contributed by atoms with E-state index >= 15 is 0 Å². The first-order chi connectivity index (χ1) is 11.9. The van der Waals surface area contributed by atoms with Gasteiger partial charge in [0.2, 0.25) is 5.91 Å². The normalized spacial score (nSPS) is 13.9. The first-order valence-electron chi connectivity index (χ1n) is 10.8. The van der Waals surface area contributed by atoms with Gasteiger partial charge in [0.25, 0.3) is 0 Å². The van der Waals surface area contributed by atoms with Crippen LogP contribution in [0.4, 0.5) is 0 Å². The van der Waals surface area contributed by atoms with Gasteiger partial charge in [-0.2, -0.15) is 0 Å². The highest BCUT2D eigenvalue weighted by Gasteiger charge is 2.32. The summed E-state index contributed by atoms with van der Waals surface area (Å²) in [4.78, 5) is 14.5. The van der Waals surface area contributed by atoms with Crippen LogP contribution in [0.3, 0.4) is 0 Å². The van der Waals surface area contributed by atoms with Crippen molar-refractivity contribution < 1.29 is 9.53 Å². The summed E-state index contributed by atoms with van der Waals surface area (Å²) in [7, 11) is 0. The van der Waals surface area contributed by atoms with Crippen molar-refractivity contribution in [3.63, 3.8) is 0 Å². The maximum Gasteiger partial charge on any atom is 0.219 e. The molecule has 1 amide bonds. The molecule has 3 nitrogen and oxygen atoms in total. The van der Waals surface area contributed by atoms with Gasteiger partial charge in [-0.1, -0.05) is 65.2 Å². The van der Waals surface area contributed by atoms with Gasteiger partial charge < -0.3 is 9.64 Å². The average molecular weight is 356 g/mol. The van der Waals surface area contributed by atoms with Gasteiger partial charge in [-0.3, -0.25) is 4.79 Å². The summed E-state index contributed by atoms with van der Waals surface area (Å²) in [5.74, 6) is 0.220. The van der Waals surface area contributed by atoms with Crippen LogP contribution >= 0.6 is 0 Å². The van der Waals surface area contributed by atoms with E-state index in [4.69, 9.17) is 4.74 Å². The summed E-state index contributed by atoms with van der Waals surface area (Å²) in [5, 5.41) is 0. The highest BCUT2D eigenvalue weighted by molar-refractivity contribution is 5.74. The third-order valence-electron chi connectivity index (χ3n) is 5.15. The number of carbonyl (C=O) groups excluding carboxylic acids is 1. The standard InChI is InChI=1S/C22H45NO2/c1-7-9-11-12-14-17-22(6,16-13-10-8-2)23(21(5)24)18-15-19-25-20(3)4/h20H,7-19H2,1-6H3. The molecule has 0 spiro atoms. The second-order valence-corrected chi connectivity index (χ2v) is 8.06. The molecule has 0 aromatic rings. The van der Waals surface area contributed by atoms with Crippen molar-refractivity contribution in [1.29, 1.82) is 0 Å². The van der Waals surface area contributed by atoms with Crippen molar-refractivity contribution in [3.05, 3.63) is 0 Å². The summed E-state index contributed by atoms with van der Waals surface area (Å²) in [6.45, 7) is 14.2. The van der Waals surface area contributed by atoms with E-state index in [0.29, 0.717) is 0 Å². The summed E-state index contributed by atoms with van der Waals surface area (Å²) >= 11 is 0. The van der Waals surface area contributed by atoms with E-state index in [0.717, 1.165) is 32.4 Å². The number of rotatable bonds is 16. The Kier molecular flexibility index (Phi) is 14.3. The lowest BCUT2D eigenvalue weighted by molar-refractivity contribution is -0.135. The van der Waals surface area contributed by atoms with Crippen LogP contribution in [0.2, 0.25) is 0 Å². The molecule has 1 atom stereocenters. The molecule has 0 aromatic carbocycles. The Morgan fingerprint density at radius 2 is 1.44 bits per heavy atom. The van der Waals surface area contributed by atoms with E-state index in [1.807, 2.05) is 0 Å². The molecule has 3 heteroatoms. The number of nitrogens with zero attached hydrogens (tertiary/aromatic N) is 1. The molecule has 0 aliphatic rings. The number of hydrogen-bond donors (Lipinski definition) is 0. The molecule has 25 heavy (non-hydrogen) atoms. The van der Waals surface area contributed by atoms with E-state index in [-0.39, 0.29) is 17.6 Å². The largest absolute Gasteiger partial charge is 0.379 e. The topological polar surface area (TPSA) is 29.5 Å². The third kappa shape index (κ3) is 11.6. The lowest BCUT2D eigenvalue weighted by Gasteiger charge is -2.42. The molecule has 0 saturated heterocycles. The zero-order valence-electron chi connectivity index (χ0n) is 18.0. The lowest BCUT2D eigenvalue weighted by atomic mass is 9.86. The molecule has 1 unspecified atom stereocenters. The van der Waals surface area contributed by atoms with Crippen molar-refractivity contribution in [2.24, 2.45) is 0 Å². The van der Waals surface area contributed by atoms with E-state index in [1.54, 1.807) is 6.92 Å². The highest BCUT2D eigenvalue weighted by atomic mass is 16.5. The minimum atomic E-state index is 0.00501. The van der Waals surface area contributed by atoms with Gasteiger partial charge in [-0.05, 0) is 40.0 Å². The lowest BCUT2D eigenvalue weighted by Crippen LogP contribution is -2.49.